The zero-order chi connectivity index (χ0) is 11.4. The van der Waals surface area contributed by atoms with Crippen molar-refractivity contribution in [2.24, 2.45) is 11.7 Å². The van der Waals surface area contributed by atoms with Crippen LogP contribution in [0.25, 0.3) is 0 Å². The molecule has 0 heterocycles. The van der Waals surface area contributed by atoms with Gasteiger partial charge < -0.3 is 5.73 Å². The molecule has 0 amide bonds. The van der Waals surface area contributed by atoms with Crippen molar-refractivity contribution in [3.63, 3.8) is 0 Å². The van der Waals surface area contributed by atoms with E-state index in [2.05, 4.69) is 40.2 Å². The van der Waals surface area contributed by atoms with Gasteiger partial charge >= 0.3 is 0 Å². The molecule has 1 aliphatic carbocycles. The topological polar surface area (TPSA) is 26.0 Å². The van der Waals surface area contributed by atoms with E-state index in [0.717, 1.165) is 16.8 Å². The van der Waals surface area contributed by atoms with Crippen LogP contribution in [0.2, 0.25) is 0 Å². The van der Waals surface area contributed by atoms with E-state index in [1.54, 1.807) is 0 Å². The molecule has 1 nitrogen and oxygen atoms in total. The molecule has 1 fully saturated rings. The molecule has 0 bridgehead atoms. The van der Waals surface area contributed by atoms with Gasteiger partial charge in [0, 0.05) is 10.5 Å². The lowest BCUT2D eigenvalue weighted by molar-refractivity contribution is 0.303. The highest BCUT2D eigenvalue weighted by Gasteiger charge is 2.20. The van der Waals surface area contributed by atoms with Gasteiger partial charge in [0.25, 0.3) is 0 Å². The van der Waals surface area contributed by atoms with E-state index in [1.165, 1.54) is 37.7 Å². The molecule has 2 N–H and O–H groups in total. The summed E-state index contributed by atoms with van der Waals surface area (Å²) in [6.45, 7) is 0. The Morgan fingerprint density at radius 2 is 2.00 bits per heavy atom. The number of rotatable bonds is 3. The van der Waals surface area contributed by atoms with Gasteiger partial charge in [-0.3, -0.25) is 0 Å². The van der Waals surface area contributed by atoms with Crippen LogP contribution in [-0.2, 0) is 6.42 Å². The van der Waals surface area contributed by atoms with Crippen LogP contribution in [0.15, 0.2) is 28.7 Å². The van der Waals surface area contributed by atoms with Crippen molar-refractivity contribution in [3.05, 3.63) is 34.3 Å². The molecule has 16 heavy (non-hydrogen) atoms. The highest BCUT2D eigenvalue weighted by molar-refractivity contribution is 9.10. The zero-order valence-electron chi connectivity index (χ0n) is 9.66. The van der Waals surface area contributed by atoms with Gasteiger partial charge in [0.15, 0.2) is 0 Å². The van der Waals surface area contributed by atoms with Crippen LogP contribution in [-0.4, -0.2) is 6.04 Å². The smallest absolute Gasteiger partial charge is 0.0178 e. The highest BCUT2D eigenvalue weighted by Crippen LogP contribution is 2.27. The maximum Gasteiger partial charge on any atom is 0.0178 e. The van der Waals surface area contributed by atoms with Crippen LogP contribution < -0.4 is 5.73 Å². The summed E-state index contributed by atoms with van der Waals surface area (Å²) in [6.07, 6.45) is 7.82. The number of benzene rings is 1. The largest absolute Gasteiger partial charge is 0.327 e. The van der Waals surface area contributed by atoms with Gasteiger partial charge in [0.05, 0.1) is 0 Å². The summed E-state index contributed by atoms with van der Waals surface area (Å²) in [5, 5.41) is 0. The van der Waals surface area contributed by atoms with Gasteiger partial charge in [-0.1, -0.05) is 47.3 Å². The molecule has 0 aliphatic heterocycles. The van der Waals surface area contributed by atoms with Crippen molar-refractivity contribution < 1.29 is 0 Å². The standard InChI is InChI=1S/C14H20BrN/c15-13-8-4-5-11(9-13)10-14(16)12-6-2-1-3-7-12/h4-5,8-9,12,14H,1-3,6-7,10,16H2. The monoisotopic (exact) mass is 281 g/mol. The van der Waals surface area contributed by atoms with Crippen LogP contribution >= 0.6 is 15.9 Å². The Kier molecular flexibility index (Phi) is 4.42. The quantitative estimate of drug-likeness (QED) is 0.894. The van der Waals surface area contributed by atoms with Crippen LogP contribution in [0, 0.1) is 5.92 Å². The molecular weight excluding hydrogens is 262 g/mol. The Balaban J connectivity index is 1.93. The second kappa shape index (κ2) is 5.83. The van der Waals surface area contributed by atoms with E-state index >= 15 is 0 Å². The third-order valence-electron chi connectivity index (χ3n) is 3.62. The van der Waals surface area contributed by atoms with E-state index in [4.69, 9.17) is 5.73 Å². The minimum atomic E-state index is 0.342. The third kappa shape index (κ3) is 3.33. The molecule has 1 atom stereocenters. The fourth-order valence-electron chi connectivity index (χ4n) is 2.67. The number of hydrogen-bond donors (Lipinski definition) is 1. The van der Waals surface area contributed by atoms with Crippen molar-refractivity contribution in [1.29, 1.82) is 0 Å². The van der Waals surface area contributed by atoms with Gasteiger partial charge in [-0.05, 0) is 42.9 Å². The van der Waals surface area contributed by atoms with Crippen LogP contribution in [0.1, 0.15) is 37.7 Å². The van der Waals surface area contributed by atoms with Gasteiger partial charge in [-0.15, -0.1) is 0 Å². The maximum atomic E-state index is 6.32. The summed E-state index contributed by atoms with van der Waals surface area (Å²) in [7, 11) is 0. The lowest BCUT2D eigenvalue weighted by Crippen LogP contribution is -2.33. The molecular formula is C14H20BrN. The summed E-state index contributed by atoms with van der Waals surface area (Å²) in [4.78, 5) is 0. The second-order valence-corrected chi connectivity index (χ2v) is 5.81. The first-order valence-electron chi connectivity index (χ1n) is 6.26. The molecule has 1 aromatic rings. The molecule has 2 rings (SSSR count). The average Bonchev–Trinajstić information content (AvgIpc) is 2.30. The normalized spacial score (nSPS) is 19.6. The molecule has 1 aliphatic rings. The number of hydrogen-bond acceptors (Lipinski definition) is 1. The lowest BCUT2D eigenvalue weighted by atomic mass is 9.82. The Bertz CT molecular complexity index is 331. The van der Waals surface area contributed by atoms with Crippen LogP contribution in [0.5, 0.6) is 0 Å². The molecule has 88 valence electrons. The molecule has 1 saturated carbocycles. The summed E-state index contributed by atoms with van der Waals surface area (Å²) >= 11 is 3.51. The molecule has 0 spiro atoms. The first-order valence-corrected chi connectivity index (χ1v) is 7.05. The van der Waals surface area contributed by atoms with Crippen molar-refractivity contribution in [2.45, 2.75) is 44.6 Å². The summed E-state index contributed by atoms with van der Waals surface area (Å²) in [6, 6.07) is 8.85. The van der Waals surface area contributed by atoms with Crippen LogP contribution in [0.3, 0.4) is 0 Å². The predicted molar refractivity (Wildman–Crippen MR) is 72.4 cm³/mol. The molecule has 1 unspecified atom stereocenters. The van der Waals surface area contributed by atoms with Crippen molar-refractivity contribution in [2.75, 3.05) is 0 Å². The minimum absolute atomic E-state index is 0.342. The predicted octanol–water partition coefficient (Wildman–Crippen LogP) is 3.90. The van der Waals surface area contributed by atoms with E-state index < -0.39 is 0 Å². The molecule has 0 radical (unpaired) electrons. The Hall–Kier alpha value is -0.340. The van der Waals surface area contributed by atoms with Gasteiger partial charge in [0.1, 0.15) is 0 Å². The fraction of sp³-hybridized carbons (Fsp3) is 0.571. The van der Waals surface area contributed by atoms with Crippen molar-refractivity contribution in [1.82, 2.24) is 0 Å². The zero-order valence-corrected chi connectivity index (χ0v) is 11.2. The fourth-order valence-corrected chi connectivity index (χ4v) is 3.11. The maximum absolute atomic E-state index is 6.32. The van der Waals surface area contributed by atoms with E-state index in [0.29, 0.717) is 6.04 Å². The second-order valence-electron chi connectivity index (χ2n) is 4.90. The summed E-state index contributed by atoms with van der Waals surface area (Å²) in [5.41, 5.74) is 7.67. The highest BCUT2D eigenvalue weighted by atomic mass is 79.9. The summed E-state index contributed by atoms with van der Waals surface area (Å²) in [5.74, 6) is 0.743. The first-order chi connectivity index (χ1) is 7.75. The van der Waals surface area contributed by atoms with Gasteiger partial charge in [-0.25, -0.2) is 0 Å². The van der Waals surface area contributed by atoms with E-state index in [1.807, 2.05) is 0 Å². The number of nitrogens with two attached hydrogens (primary N) is 1. The summed E-state index contributed by atoms with van der Waals surface area (Å²) < 4.78 is 1.15. The lowest BCUT2D eigenvalue weighted by Gasteiger charge is -2.27. The first kappa shape index (κ1) is 12.1. The van der Waals surface area contributed by atoms with Gasteiger partial charge in [-0.2, -0.15) is 0 Å². The molecule has 0 saturated heterocycles. The average molecular weight is 282 g/mol. The Labute approximate surface area is 107 Å². The molecule has 0 aromatic heterocycles. The van der Waals surface area contributed by atoms with Crippen molar-refractivity contribution in [3.8, 4) is 0 Å². The molecule has 1 aromatic carbocycles. The van der Waals surface area contributed by atoms with Crippen LogP contribution in [0.4, 0.5) is 0 Å². The minimum Gasteiger partial charge on any atom is -0.327 e. The Morgan fingerprint density at radius 1 is 1.25 bits per heavy atom. The van der Waals surface area contributed by atoms with Gasteiger partial charge in [0.2, 0.25) is 0 Å². The SMILES string of the molecule is NC(Cc1cccc(Br)c1)C1CCCCC1. The molecule has 2 heteroatoms. The van der Waals surface area contributed by atoms with E-state index in [-0.39, 0.29) is 0 Å². The van der Waals surface area contributed by atoms with E-state index in [9.17, 15) is 0 Å². The Morgan fingerprint density at radius 3 is 2.69 bits per heavy atom. The third-order valence-corrected chi connectivity index (χ3v) is 4.11. The number of halogens is 1. The van der Waals surface area contributed by atoms with Crippen molar-refractivity contribution >= 4 is 15.9 Å².